The highest BCUT2D eigenvalue weighted by Gasteiger charge is 2.13. The fourth-order valence-corrected chi connectivity index (χ4v) is 4.22. The fourth-order valence-electron chi connectivity index (χ4n) is 4.22. The lowest BCUT2D eigenvalue weighted by molar-refractivity contribution is 0.0342. The highest BCUT2D eigenvalue weighted by molar-refractivity contribution is 5.96. The van der Waals surface area contributed by atoms with Gasteiger partial charge in [-0.3, -0.25) is 4.90 Å². The van der Waals surface area contributed by atoms with Gasteiger partial charge in [-0.1, -0.05) is 30.3 Å². The van der Waals surface area contributed by atoms with E-state index in [4.69, 9.17) is 14.2 Å². The second kappa shape index (κ2) is 9.02. The largest absolute Gasteiger partial charge is 0.493 e. The number of aromatic nitrogens is 2. The Balaban J connectivity index is 1.43. The summed E-state index contributed by atoms with van der Waals surface area (Å²) in [5.74, 6) is 1.42. The maximum Gasteiger partial charge on any atom is 0.161 e. The molecule has 0 radical (unpaired) electrons. The molecule has 1 aliphatic rings. The number of rotatable bonds is 6. The molecule has 0 unspecified atom stereocenters. The second-order valence-electron chi connectivity index (χ2n) is 7.98. The first-order valence-corrected chi connectivity index (χ1v) is 10.8. The molecule has 0 amide bonds. The topological polar surface area (TPSA) is 59.6 Å². The molecule has 2 aromatic carbocycles. The molecule has 164 valence electrons. The number of benzene rings is 2. The van der Waals surface area contributed by atoms with Gasteiger partial charge in [0.05, 0.1) is 27.4 Å². The lowest BCUT2D eigenvalue weighted by atomic mass is 10.0. The molecule has 32 heavy (non-hydrogen) atoms. The first kappa shape index (κ1) is 20.5. The Morgan fingerprint density at radius 2 is 1.66 bits per heavy atom. The molecule has 1 N–H and O–H groups in total. The van der Waals surface area contributed by atoms with Gasteiger partial charge in [-0.25, -0.2) is 4.98 Å². The minimum atomic E-state index is 0.708. The Morgan fingerprint density at radius 1 is 0.906 bits per heavy atom. The summed E-state index contributed by atoms with van der Waals surface area (Å²) in [6.07, 6.45) is 3.92. The second-order valence-corrected chi connectivity index (χ2v) is 7.98. The van der Waals surface area contributed by atoms with Crippen LogP contribution >= 0.6 is 0 Å². The first-order valence-electron chi connectivity index (χ1n) is 10.8. The quantitative estimate of drug-likeness (QED) is 0.479. The summed E-state index contributed by atoms with van der Waals surface area (Å²) < 4.78 is 16.3. The van der Waals surface area contributed by atoms with Crippen LogP contribution in [0, 0.1) is 0 Å². The Hall–Kier alpha value is -3.35. The van der Waals surface area contributed by atoms with Crippen LogP contribution in [0.3, 0.4) is 0 Å². The maximum atomic E-state index is 5.48. The summed E-state index contributed by atoms with van der Waals surface area (Å²) in [7, 11) is 3.30. The monoisotopic (exact) mass is 429 g/mol. The third-order valence-electron chi connectivity index (χ3n) is 6.02. The molecule has 6 heteroatoms. The molecular weight excluding hydrogens is 402 g/mol. The SMILES string of the molecule is COc1ccc(-c2c[nH]c3ncc(-c4ccc(CN5CCOCC5)cc4)cc23)cc1OC. The Bertz CT molecular complexity index is 1210. The van der Waals surface area contributed by atoms with E-state index in [9.17, 15) is 0 Å². The third-order valence-corrected chi connectivity index (χ3v) is 6.02. The van der Waals surface area contributed by atoms with Gasteiger partial charge in [-0.15, -0.1) is 0 Å². The van der Waals surface area contributed by atoms with Gasteiger partial charge in [0.25, 0.3) is 0 Å². The zero-order valence-electron chi connectivity index (χ0n) is 18.4. The molecular formula is C26H27N3O3. The number of hydrogen-bond donors (Lipinski definition) is 1. The van der Waals surface area contributed by atoms with E-state index in [0.717, 1.165) is 66.1 Å². The molecule has 0 saturated carbocycles. The number of fused-ring (bicyclic) bond motifs is 1. The number of pyridine rings is 1. The van der Waals surface area contributed by atoms with Crippen LogP contribution in [0.2, 0.25) is 0 Å². The van der Waals surface area contributed by atoms with Crippen LogP contribution in [-0.2, 0) is 11.3 Å². The number of morpholine rings is 1. The number of nitrogens with one attached hydrogen (secondary N) is 1. The van der Waals surface area contributed by atoms with Gasteiger partial charge < -0.3 is 19.2 Å². The maximum absolute atomic E-state index is 5.48. The molecule has 0 aliphatic carbocycles. The van der Waals surface area contributed by atoms with Gasteiger partial charge in [0.15, 0.2) is 11.5 Å². The molecule has 4 aromatic rings. The van der Waals surface area contributed by atoms with Crippen LogP contribution in [0.1, 0.15) is 5.56 Å². The Labute approximate surface area is 187 Å². The normalized spacial score (nSPS) is 14.6. The first-order chi connectivity index (χ1) is 15.7. The van der Waals surface area contributed by atoms with Gasteiger partial charge in [0.2, 0.25) is 0 Å². The smallest absolute Gasteiger partial charge is 0.161 e. The Morgan fingerprint density at radius 3 is 2.41 bits per heavy atom. The van der Waals surface area contributed by atoms with Crippen LogP contribution in [0.25, 0.3) is 33.3 Å². The summed E-state index contributed by atoms with van der Waals surface area (Å²) in [4.78, 5) is 10.4. The highest BCUT2D eigenvalue weighted by Crippen LogP contribution is 2.36. The van der Waals surface area contributed by atoms with Crippen LogP contribution in [0.15, 0.2) is 60.9 Å². The molecule has 6 nitrogen and oxygen atoms in total. The van der Waals surface area contributed by atoms with Crippen molar-refractivity contribution in [2.45, 2.75) is 6.54 Å². The number of nitrogens with zero attached hydrogens (tertiary/aromatic N) is 2. The summed E-state index contributed by atoms with van der Waals surface area (Å²) in [6.45, 7) is 4.59. The lowest BCUT2D eigenvalue weighted by Crippen LogP contribution is -2.35. The standard InChI is InChI=1S/C26H27N3O3/c1-30-24-8-7-20(14-25(24)31-2)23-16-28-26-22(23)13-21(15-27-26)19-5-3-18(4-6-19)17-29-9-11-32-12-10-29/h3-8,13-16H,9-12,17H2,1-2H3,(H,27,28). The van der Waals surface area contributed by atoms with Gasteiger partial charge in [-0.2, -0.15) is 0 Å². The van der Waals surface area contributed by atoms with Gasteiger partial charge >= 0.3 is 0 Å². The molecule has 5 rings (SSSR count). The molecule has 1 aliphatic heterocycles. The van der Waals surface area contributed by atoms with E-state index >= 15 is 0 Å². The van der Waals surface area contributed by atoms with Crippen molar-refractivity contribution >= 4 is 11.0 Å². The van der Waals surface area contributed by atoms with Gasteiger partial charge in [0, 0.05) is 48.5 Å². The van der Waals surface area contributed by atoms with Crippen molar-refractivity contribution in [3.8, 4) is 33.8 Å². The van der Waals surface area contributed by atoms with Crippen LogP contribution in [-0.4, -0.2) is 55.4 Å². The molecule has 0 spiro atoms. The molecule has 1 fully saturated rings. The van der Waals surface area contributed by atoms with E-state index in [2.05, 4.69) is 45.2 Å². The van der Waals surface area contributed by atoms with E-state index in [-0.39, 0.29) is 0 Å². The minimum Gasteiger partial charge on any atom is -0.493 e. The minimum absolute atomic E-state index is 0.708. The molecule has 0 bridgehead atoms. The number of ether oxygens (including phenoxy) is 3. The van der Waals surface area contributed by atoms with Crippen molar-refractivity contribution in [1.29, 1.82) is 0 Å². The zero-order chi connectivity index (χ0) is 21.9. The predicted molar refractivity (Wildman–Crippen MR) is 126 cm³/mol. The van der Waals surface area contributed by atoms with Crippen molar-refractivity contribution < 1.29 is 14.2 Å². The zero-order valence-corrected chi connectivity index (χ0v) is 18.4. The summed E-state index contributed by atoms with van der Waals surface area (Å²) in [5.41, 5.74) is 6.56. The van der Waals surface area contributed by atoms with E-state index in [0.29, 0.717) is 11.5 Å². The highest BCUT2D eigenvalue weighted by atomic mass is 16.5. The number of methoxy groups -OCH3 is 2. The van der Waals surface area contributed by atoms with Crippen molar-refractivity contribution in [2.24, 2.45) is 0 Å². The third kappa shape index (κ3) is 4.07. The van der Waals surface area contributed by atoms with E-state index in [1.165, 1.54) is 5.56 Å². The number of H-pyrrole nitrogens is 1. The van der Waals surface area contributed by atoms with Crippen LogP contribution in [0.5, 0.6) is 11.5 Å². The van der Waals surface area contributed by atoms with Crippen molar-refractivity contribution in [3.63, 3.8) is 0 Å². The van der Waals surface area contributed by atoms with Crippen molar-refractivity contribution in [1.82, 2.24) is 14.9 Å². The lowest BCUT2D eigenvalue weighted by Gasteiger charge is -2.26. The van der Waals surface area contributed by atoms with Crippen molar-refractivity contribution in [3.05, 3.63) is 66.5 Å². The van der Waals surface area contributed by atoms with Crippen molar-refractivity contribution in [2.75, 3.05) is 40.5 Å². The van der Waals surface area contributed by atoms with E-state index in [1.807, 2.05) is 30.6 Å². The summed E-state index contributed by atoms with van der Waals surface area (Å²) in [5, 5.41) is 1.08. The molecule has 0 atom stereocenters. The Kier molecular flexibility index (Phi) is 5.79. The summed E-state index contributed by atoms with van der Waals surface area (Å²) >= 11 is 0. The molecule has 3 heterocycles. The molecule has 2 aromatic heterocycles. The van der Waals surface area contributed by atoms with Crippen LogP contribution in [0.4, 0.5) is 0 Å². The predicted octanol–water partition coefficient (Wildman–Crippen LogP) is 4.75. The van der Waals surface area contributed by atoms with Crippen LogP contribution < -0.4 is 9.47 Å². The molecule has 1 saturated heterocycles. The average Bonchev–Trinajstić information content (AvgIpc) is 3.28. The average molecular weight is 430 g/mol. The van der Waals surface area contributed by atoms with Gasteiger partial charge in [-0.05, 0) is 34.9 Å². The van der Waals surface area contributed by atoms with Gasteiger partial charge in [0.1, 0.15) is 5.65 Å². The van der Waals surface area contributed by atoms with E-state index < -0.39 is 0 Å². The number of hydrogen-bond acceptors (Lipinski definition) is 5. The van der Waals surface area contributed by atoms with E-state index in [1.54, 1.807) is 14.2 Å². The summed E-state index contributed by atoms with van der Waals surface area (Å²) in [6, 6.07) is 16.9. The fraction of sp³-hybridized carbons (Fsp3) is 0.269. The number of aromatic amines is 1.